The maximum atomic E-state index is 10.8. The van der Waals surface area contributed by atoms with Gasteiger partial charge in [-0.1, -0.05) is 0 Å². The molecule has 1 aromatic heterocycles. The van der Waals surface area contributed by atoms with Crippen LogP contribution < -0.4 is 9.47 Å². The zero-order chi connectivity index (χ0) is 12.7. The van der Waals surface area contributed by atoms with Crippen LogP contribution in [-0.2, 0) is 4.74 Å². The Morgan fingerprint density at radius 2 is 2.00 bits per heavy atom. The second-order valence-corrected chi connectivity index (χ2v) is 3.24. The number of ether oxygens (including phenoxy) is 3. The number of aromatic carboxylic acids is 1. The van der Waals surface area contributed by atoms with Crippen LogP contribution >= 0.6 is 0 Å². The van der Waals surface area contributed by atoms with E-state index >= 15 is 0 Å². The predicted octanol–water partition coefficient (Wildman–Crippen LogP) is 1.20. The molecule has 94 valence electrons. The fourth-order valence-electron chi connectivity index (χ4n) is 1.16. The van der Waals surface area contributed by atoms with E-state index in [2.05, 4.69) is 4.98 Å². The molecule has 0 aliphatic rings. The molecule has 1 N–H and O–H groups in total. The van der Waals surface area contributed by atoms with Gasteiger partial charge >= 0.3 is 5.97 Å². The monoisotopic (exact) mass is 241 g/mol. The van der Waals surface area contributed by atoms with E-state index in [-0.39, 0.29) is 17.3 Å². The largest absolute Gasteiger partial charge is 0.481 e. The van der Waals surface area contributed by atoms with Crippen LogP contribution in [0.25, 0.3) is 0 Å². The van der Waals surface area contributed by atoms with E-state index in [9.17, 15) is 4.79 Å². The van der Waals surface area contributed by atoms with E-state index < -0.39 is 5.97 Å². The quantitative estimate of drug-likeness (QED) is 0.723. The lowest BCUT2D eigenvalue weighted by atomic mass is 10.2. The third-order valence-electron chi connectivity index (χ3n) is 1.98. The molecular weight excluding hydrogens is 226 g/mol. The molecule has 0 radical (unpaired) electrons. The molecule has 0 aromatic carbocycles. The number of aromatic nitrogens is 1. The van der Waals surface area contributed by atoms with E-state index in [0.717, 1.165) is 0 Å². The average Bonchev–Trinajstić information content (AvgIpc) is 2.34. The van der Waals surface area contributed by atoms with Crippen molar-refractivity contribution in [3.63, 3.8) is 0 Å². The minimum absolute atomic E-state index is 0.0820. The molecule has 6 heteroatoms. The first kappa shape index (κ1) is 13.2. The second kappa shape index (κ2) is 6.70. The van der Waals surface area contributed by atoms with Crippen molar-refractivity contribution in [2.24, 2.45) is 0 Å². The molecular formula is C11H15NO5. The fraction of sp³-hybridized carbons (Fsp3) is 0.455. The molecule has 17 heavy (non-hydrogen) atoms. The van der Waals surface area contributed by atoms with Gasteiger partial charge in [-0.2, -0.15) is 4.98 Å². The normalized spacial score (nSPS) is 10.0. The Morgan fingerprint density at radius 3 is 2.59 bits per heavy atom. The highest BCUT2D eigenvalue weighted by Gasteiger charge is 2.09. The highest BCUT2D eigenvalue weighted by atomic mass is 16.5. The first-order valence-electron chi connectivity index (χ1n) is 5.08. The van der Waals surface area contributed by atoms with Crippen LogP contribution in [0.4, 0.5) is 0 Å². The third kappa shape index (κ3) is 4.28. The van der Waals surface area contributed by atoms with Crippen molar-refractivity contribution in [2.75, 3.05) is 27.4 Å². The van der Waals surface area contributed by atoms with E-state index in [4.69, 9.17) is 19.3 Å². The lowest BCUT2D eigenvalue weighted by Gasteiger charge is -2.07. The fourth-order valence-corrected chi connectivity index (χ4v) is 1.16. The van der Waals surface area contributed by atoms with Gasteiger partial charge < -0.3 is 19.3 Å². The molecule has 0 bridgehead atoms. The Labute approximate surface area is 99.1 Å². The van der Waals surface area contributed by atoms with Crippen molar-refractivity contribution in [1.82, 2.24) is 4.98 Å². The van der Waals surface area contributed by atoms with Crippen LogP contribution in [0.3, 0.4) is 0 Å². The number of carboxylic acids is 1. The summed E-state index contributed by atoms with van der Waals surface area (Å²) in [6, 6.07) is 2.70. The molecule has 1 heterocycles. The maximum Gasteiger partial charge on any atom is 0.336 e. The number of rotatable bonds is 7. The van der Waals surface area contributed by atoms with Crippen LogP contribution in [0.1, 0.15) is 16.8 Å². The number of hydrogen-bond acceptors (Lipinski definition) is 5. The molecule has 6 nitrogen and oxygen atoms in total. The molecule has 0 saturated carbocycles. The minimum atomic E-state index is -1.05. The molecule has 0 unspecified atom stereocenters. The Balaban J connectivity index is 2.70. The van der Waals surface area contributed by atoms with E-state index in [0.29, 0.717) is 19.6 Å². The lowest BCUT2D eigenvalue weighted by molar-refractivity contribution is 0.0695. The Kier molecular flexibility index (Phi) is 5.22. The predicted molar refractivity (Wildman–Crippen MR) is 59.7 cm³/mol. The van der Waals surface area contributed by atoms with E-state index in [1.54, 1.807) is 7.11 Å². The minimum Gasteiger partial charge on any atom is -0.481 e. The SMILES string of the molecule is COCCCOc1cc(C(=O)O)cc(OC)n1. The number of pyridine rings is 1. The van der Waals surface area contributed by atoms with Crippen LogP contribution in [0.2, 0.25) is 0 Å². The van der Waals surface area contributed by atoms with Gasteiger partial charge in [-0.25, -0.2) is 4.79 Å². The summed E-state index contributed by atoms with van der Waals surface area (Å²) in [6.45, 7) is 0.989. The molecule has 1 rings (SSSR count). The van der Waals surface area contributed by atoms with Crippen molar-refractivity contribution in [1.29, 1.82) is 0 Å². The maximum absolute atomic E-state index is 10.8. The summed E-state index contributed by atoms with van der Waals surface area (Å²) >= 11 is 0. The van der Waals surface area contributed by atoms with Crippen molar-refractivity contribution >= 4 is 5.97 Å². The summed E-state index contributed by atoms with van der Waals surface area (Å²) in [5.41, 5.74) is 0.0820. The van der Waals surface area contributed by atoms with E-state index in [1.165, 1.54) is 19.2 Å². The van der Waals surface area contributed by atoms with Gasteiger partial charge in [0.25, 0.3) is 0 Å². The summed E-state index contributed by atoms with van der Waals surface area (Å²) in [6.07, 6.45) is 0.706. The number of methoxy groups -OCH3 is 2. The molecule has 1 aromatic rings. The molecule has 0 aliphatic heterocycles. The van der Waals surface area contributed by atoms with Crippen molar-refractivity contribution in [3.05, 3.63) is 17.7 Å². The Hall–Kier alpha value is -1.82. The molecule has 0 atom stereocenters. The molecule has 0 aliphatic carbocycles. The molecule has 0 saturated heterocycles. The van der Waals surface area contributed by atoms with Crippen molar-refractivity contribution in [2.45, 2.75) is 6.42 Å². The summed E-state index contributed by atoms with van der Waals surface area (Å²) in [5, 5.41) is 8.88. The second-order valence-electron chi connectivity index (χ2n) is 3.24. The highest BCUT2D eigenvalue weighted by Crippen LogP contribution is 2.17. The van der Waals surface area contributed by atoms with Crippen molar-refractivity contribution in [3.8, 4) is 11.8 Å². The van der Waals surface area contributed by atoms with E-state index in [1.807, 2.05) is 0 Å². The topological polar surface area (TPSA) is 77.9 Å². The average molecular weight is 241 g/mol. The zero-order valence-corrected chi connectivity index (χ0v) is 9.80. The molecule has 0 amide bonds. The summed E-state index contributed by atoms with van der Waals surface area (Å²) in [7, 11) is 3.02. The Bertz CT molecular complexity index is 380. The third-order valence-corrected chi connectivity index (χ3v) is 1.98. The van der Waals surface area contributed by atoms with Gasteiger partial charge in [0.1, 0.15) is 0 Å². The van der Waals surface area contributed by atoms with Gasteiger partial charge in [0, 0.05) is 32.3 Å². The summed E-state index contributed by atoms with van der Waals surface area (Å²) in [4.78, 5) is 14.8. The zero-order valence-electron chi connectivity index (χ0n) is 9.80. The highest BCUT2D eigenvalue weighted by molar-refractivity contribution is 5.88. The van der Waals surface area contributed by atoms with Gasteiger partial charge in [0.05, 0.1) is 19.3 Å². The summed E-state index contributed by atoms with van der Waals surface area (Å²) in [5.74, 6) is -0.600. The standard InChI is InChI=1S/C11H15NO5/c1-15-4-3-5-17-10-7-8(11(13)14)6-9(12-10)16-2/h6-7H,3-5H2,1-2H3,(H,13,14). The van der Waals surface area contributed by atoms with Gasteiger partial charge in [-0.15, -0.1) is 0 Å². The van der Waals surface area contributed by atoms with Crippen LogP contribution in [0.5, 0.6) is 11.8 Å². The van der Waals surface area contributed by atoms with Crippen molar-refractivity contribution < 1.29 is 24.1 Å². The first-order chi connectivity index (χ1) is 8.17. The number of carbonyl (C=O) groups is 1. The first-order valence-corrected chi connectivity index (χ1v) is 5.08. The van der Waals surface area contributed by atoms with Gasteiger partial charge in [-0.3, -0.25) is 0 Å². The number of carboxylic acid groups (broad SMARTS) is 1. The lowest BCUT2D eigenvalue weighted by Crippen LogP contribution is -2.05. The smallest absolute Gasteiger partial charge is 0.336 e. The van der Waals surface area contributed by atoms with Crippen LogP contribution in [-0.4, -0.2) is 43.5 Å². The molecule has 0 fully saturated rings. The summed E-state index contributed by atoms with van der Waals surface area (Å²) < 4.78 is 15.1. The number of hydrogen-bond donors (Lipinski definition) is 1. The van der Waals surface area contributed by atoms with Gasteiger partial charge in [0.15, 0.2) is 0 Å². The van der Waals surface area contributed by atoms with Crippen LogP contribution in [0, 0.1) is 0 Å². The van der Waals surface area contributed by atoms with Gasteiger partial charge in [0.2, 0.25) is 11.8 Å². The number of nitrogens with zero attached hydrogens (tertiary/aromatic N) is 1. The van der Waals surface area contributed by atoms with Crippen LogP contribution in [0.15, 0.2) is 12.1 Å². The van der Waals surface area contributed by atoms with Gasteiger partial charge in [-0.05, 0) is 0 Å². The molecule has 0 spiro atoms. The Morgan fingerprint density at radius 1 is 1.29 bits per heavy atom.